The van der Waals surface area contributed by atoms with Crippen LogP contribution in [-0.2, 0) is 17.8 Å². The molecular weight excluding hydrogens is 272 g/mol. The molecule has 2 aromatic heterocycles. The van der Waals surface area contributed by atoms with E-state index in [1.54, 1.807) is 13.0 Å². The fourth-order valence-corrected chi connectivity index (χ4v) is 2.25. The van der Waals surface area contributed by atoms with Gasteiger partial charge in [0.25, 0.3) is 0 Å². The van der Waals surface area contributed by atoms with Gasteiger partial charge < -0.3 is 13.7 Å². The van der Waals surface area contributed by atoms with Crippen LogP contribution in [0.15, 0.2) is 15.0 Å². The number of ether oxygens (including phenoxy) is 1. The quantitative estimate of drug-likeness (QED) is 0.789. The molecule has 0 fully saturated rings. The van der Waals surface area contributed by atoms with E-state index in [-0.39, 0.29) is 5.97 Å². The summed E-state index contributed by atoms with van der Waals surface area (Å²) in [6, 6.07) is 1.73. The average molecular weight is 292 g/mol. The van der Waals surface area contributed by atoms with Gasteiger partial charge in [0.05, 0.1) is 19.3 Å². The maximum absolute atomic E-state index is 11.6. The van der Waals surface area contributed by atoms with Gasteiger partial charge in [-0.15, -0.1) is 0 Å². The molecule has 0 N–H and O–H groups in total. The third-order valence-corrected chi connectivity index (χ3v) is 3.41. The van der Waals surface area contributed by atoms with Crippen LogP contribution in [0, 0.1) is 20.8 Å². The Morgan fingerprint density at radius 3 is 2.57 bits per heavy atom. The fourth-order valence-electron chi connectivity index (χ4n) is 2.25. The van der Waals surface area contributed by atoms with Crippen LogP contribution in [0.5, 0.6) is 0 Å². The summed E-state index contributed by atoms with van der Waals surface area (Å²) < 4.78 is 15.5. The molecule has 0 saturated carbocycles. The Morgan fingerprint density at radius 1 is 1.29 bits per heavy atom. The van der Waals surface area contributed by atoms with Crippen molar-refractivity contribution in [2.45, 2.75) is 33.9 Å². The van der Waals surface area contributed by atoms with Gasteiger partial charge in [-0.2, -0.15) is 0 Å². The summed E-state index contributed by atoms with van der Waals surface area (Å²) in [5.74, 6) is 1.74. The number of esters is 1. The second kappa shape index (κ2) is 6.13. The third-order valence-electron chi connectivity index (χ3n) is 3.41. The largest absolute Gasteiger partial charge is 0.465 e. The van der Waals surface area contributed by atoms with Crippen LogP contribution in [0.2, 0.25) is 0 Å². The van der Waals surface area contributed by atoms with Gasteiger partial charge in [0.15, 0.2) is 0 Å². The first kappa shape index (κ1) is 15.3. The van der Waals surface area contributed by atoms with E-state index in [1.807, 2.05) is 20.9 Å². The number of hydrogen-bond acceptors (Lipinski definition) is 6. The average Bonchev–Trinajstić information content (AvgIpc) is 2.95. The number of furan rings is 1. The van der Waals surface area contributed by atoms with Gasteiger partial charge >= 0.3 is 5.97 Å². The lowest BCUT2D eigenvalue weighted by Gasteiger charge is -2.14. The molecule has 114 valence electrons. The van der Waals surface area contributed by atoms with Crippen LogP contribution in [0.1, 0.15) is 38.9 Å². The van der Waals surface area contributed by atoms with E-state index in [1.165, 1.54) is 7.11 Å². The van der Waals surface area contributed by atoms with E-state index >= 15 is 0 Å². The van der Waals surface area contributed by atoms with Crippen LogP contribution in [0.4, 0.5) is 0 Å². The minimum Gasteiger partial charge on any atom is -0.465 e. The predicted molar refractivity (Wildman–Crippen MR) is 75.9 cm³/mol. The smallest absolute Gasteiger partial charge is 0.341 e. The fraction of sp³-hybridized carbons (Fsp3) is 0.467. The first-order valence-corrected chi connectivity index (χ1v) is 6.70. The molecule has 0 spiro atoms. The summed E-state index contributed by atoms with van der Waals surface area (Å²) in [7, 11) is 3.33. The van der Waals surface area contributed by atoms with Gasteiger partial charge in [0, 0.05) is 12.1 Å². The van der Waals surface area contributed by atoms with Crippen molar-refractivity contribution in [2.24, 2.45) is 0 Å². The molecule has 0 radical (unpaired) electrons. The monoisotopic (exact) mass is 292 g/mol. The van der Waals surface area contributed by atoms with Crippen LogP contribution < -0.4 is 0 Å². The molecule has 0 aliphatic carbocycles. The molecule has 6 heteroatoms. The number of carbonyl (C=O) groups is 1. The summed E-state index contributed by atoms with van der Waals surface area (Å²) in [6.45, 7) is 6.86. The molecular formula is C15H20N2O4. The maximum atomic E-state index is 11.6. The minimum atomic E-state index is -0.379. The van der Waals surface area contributed by atoms with Crippen molar-refractivity contribution < 1.29 is 18.5 Å². The van der Waals surface area contributed by atoms with Gasteiger partial charge in [0.1, 0.15) is 22.8 Å². The summed E-state index contributed by atoms with van der Waals surface area (Å²) in [5, 5.41) is 3.94. The van der Waals surface area contributed by atoms with E-state index in [4.69, 9.17) is 13.7 Å². The summed E-state index contributed by atoms with van der Waals surface area (Å²) in [5.41, 5.74) is 2.44. The Morgan fingerprint density at radius 2 is 2.00 bits per heavy atom. The molecule has 6 nitrogen and oxygen atoms in total. The highest BCUT2D eigenvalue weighted by Gasteiger charge is 2.17. The van der Waals surface area contributed by atoms with E-state index in [0.717, 1.165) is 22.8 Å². The SMILES string of the molecule is COC(=O)c1cc(CN(C)Cc2c(C)noc2C)oc1C. The normalized spacial score (nSPS) is 11.1. The molecule has 0 aliphatic heterocycles. The summed E-state index contributed by atoms with van der Waals surface area (Å²) in [6.07, 6.45) is 0. The second-order valence-corrected chi connectivity index (χ2v) is 5.15. The van der Waals surface area contributed by atoms with E-state index in [9.17, 15) is 4.79 Å². The number of aryl methyl sites for hydroxylation is 3. The van der Waals surface area contributed by atoms with Gasteiger partial charge in [-0.1, -0.05) is 5.16 Å². The van der Waals surface area contributed by atoms with Crippen LogP contribution in [0.3, 0.4) is 0 Å². The maximum Gasteiger partial charge on any atom is 0.341 e. The molecule has 2 aromatic rings. The van der Waals surface area contributed by atoms with E-state index in [2.05, 4.69) is 10.1 Å². The Bertz CT molecular complexity index is 623. The lowest BCUT2D eigenvalue weighted by molar-refractivity contribution is 0.0599. The minimum absolute atomic E-state index is 0.379. The molecule has 2 heterocycles. The molecule has 21 heavy (non-hydrogen) atoms. The van der Waals surface area contributed by atoms with Gasteiger partial charge in [-0.3, -0.25) is 4.90 Å². The van der Waals surface area contributed by atoms with Crippen LogP contribution in [-0.4, -0.2) is 30.2 Å². The molecule has 0 aliphatic rings. The van der Waals surface area contributed by atoms with E-state index in [0.29, 0.717) is 24.4 Å². The Labute approximate surface area is 123 Å². The Balaban J connectivity index is 2.06. The van der Waals surface area contributed by atoms with Crippen molar-refractivity contribution in [3.63, 3.8) is 0 Å². The lowest BCUT2D eigenvalue weighted by Crippen LogP contribution is -2.17. The molecule has 0 atom stereocenters. The number of methoxy groups -OCH3 is 1. The first-order chi connectivity index (χ1) is 9.92. The number of hydrogen-bond donors (Lipinski definition) is 0. The van der Waals surface area contributed by atoms with Crippen molar-refractivity contribution in [3.05, 3.63) is 40.2 Å². The van der Waals surface area contributed by atoms with Crippen molar-refractivity contribution in [3.8, 4) is 0 Å². The number of rotatable bonds is 5. The topological polar surface area (TPSA) is 68.7 Å². The highest BCUT2D eigenvalue weighted by atomic mass is 16.5. The van der Waals surface area contributed by atoms with Crippen molar-refractivity contribution in [1.29, 1.82) is 0 Å². The van der Waals surface area contributed by atoms with Gasteiger partial charge in [0.2, 0.25) is 0 Å². The van der Waals surface area contributed by atoms with Gasteiger partial charge in [-0.25, -0.2) is 4.79 Å². The highest BCUT2D eigenvalue weighted by Crippen LogP contribution is 2.19. The number of nitrogens with zero attached hydrogens (tertiary/aromatic N) is 2. The van der Waals surface area contributed by atoms with Crippen LogP contribution in [0.25, 0.3) is 0 Å². The second-order valence-electron chi connectivity index (χ2n) is 5.15. The van der Waals surface area contributed by atoms with Crippen molar-refractivity contribution >= 4 is 5.97 Å². The summed E-state index contributed by atoms with van der Waals surface area (Å²) >= 11 is 0. The highest BCUT2D eigenvalue weighted by molar-refractivity contribution is 5.90. The third kappa shape index (κ3) is 3.33. The van der Waals surface area contributed by atoms with E-state index < -0.39 is 0 Å². The standard InChI is InChI=1S/C15H20N2O4/c1-9-14(11(3)21-16-9)8-17(4)7-12-6-13(10(2)20-12)15(18)19-5/h6H,7-8H2,1-5H3. The molecule has 0 unspecified atom stereocenters. The number of carbonyl (C=O) groups excluding carboxylic acids is 1. The number of aromatic nitrogens is 1. The molecule has 0 aromatic carbocycles. The molecule has 0 amide bonds. The molecule has 0 bridgehead atoms. The van der Waals surface area contributed by atoms with Crippen molar-refractivity contribution in [1.82, 2.24) is 10.1 Å². The predicted octanol–water partition coefficient (Wildman–Crippen LogP) is 2.61. The summed E-state index contributed by atoms with van der Waals surface area (Å²) in [4.78, 5) is 13.6. The zero-order valence-corrected chi connectivity index (χ0v) is 13.0. The van der Waals surface area contributed by atoms with Crippen molar-refractivity contribution in [2.75, 3.05) is 14.2 Å². The Hall–Kier alpha value is -2.08. The zero-order chi connectivity index (χ0) is 15.6. The van der Waals surface area contributed by atoms with Gasteiger partial charge in [-0.05, 0) is 33.9 Å². The first-order valence-electron chi connectivity index (χ1n) is 6.70. The Kier molecular flexibility index (Phi) is 4.47. The lowest BCUT2D eigenvalue weighted by atomic mass is 10.2. The van der Waals surface area contributed by atoms with Crippen LogP contribution >= 0.6 is 0 Å². The molecule has 0 saturated heterocycles. The zero-order valence-electron chi connectivity index (χ0n) is 13.0. The molecule has 2 rings (SSSR count).